The van der Waals surface area contributed by atoms with Crippen LogP contribution in [0.3, 0.4) is 0 Å². The van der Waals surface area contributed by atoms with Crippen LogP contribution in [0.5, 0.6) is 0 Å². The van der Waals surface area contributed by atoms with Crippen LogP contribution in [0.25, 0.3) is 0 Å². The van der Waals surface area contributed by atoms with Crippen molar-refractivity contribution in [1.82, 2.24) is 0 Å². The largest absolute Gasteiger partial charge is 0.445 e. The molecule has 4 nitrogen and oxygen atoms in total. The summed E-state index contributed by atoms with van der Waals surface area (Å²) in [5.41, 5.74) is 6.27. The number of Topliss-reactive ketones (excluding diaryl/α,β-unsaturated/α-hetero) is 1. The number of rotatable bonds is 1. The number of ether oxygens (including phenoxy) is 1. The Morgan fingerprint density at radius 3 is 2.77 bits per heavy atom. The summed E-state index contributed by atoms with van der Waals surface area (Å²) in [6.45, 7) is 3.11. The molecular weight excluding hydrogens is 168 g/mol. The van der Waals surface area contributed by atoms with E-state index in [1.165, 1.54) is 6.92 Å². The quantitative estimate of drug-likeness (QED) is 0.648. The van der Waals surface area contributed by atoms with Gasteiger partial charge in [-0.1, -0.05) is 0 Å². The summed E-state index contributed by atoms with van der Waals surface area (Å²) in [4.78, 5) is 11.1. The highest BCUT2D eigenvalue weighted by atomic mass is 16.5. The van der Waals surface area contributed by atoms with Gasteiger partial charge in [0, 0.05) is 12.0 Å². The lowest BCUT2D eigenvalue weighted by Crippen LogP contribution is -2.15. The molecule has 4 heteroatoms. The van der Waals surface area contributed by atoms with Crippen molar-refractivity contribution in [3.8, 4) is 6.07 Å². The van der Waals surface area contributed by atoms with Crippen LogP contribution in [0.1, 0.15) is 20.3 Å². The van der Waals surface area contributed by atoms with Gasteiger partial charge in [0.15, 0.2) is 5.78 Å². The average molecular weight is 178 g/mol. The minimum absolute atomic E-state index is 0.0854. The molecule has 0 unspecified atom stereocenters. The number of hydrogen-bond donors (Lipinski definition) is 1. The lowest BCUT2D eigenvalue weighted by atomic mass is 10.0. The summed E-state index contributed by atoms with van der Waals surface area (Å²) in [6.07, 6.45) is 0.281. The van der Waals surface area contributed by atoms with Crippen LogP contribution >= 0.6 is 0 Å². The number of hydrogen-bond acceptors (Lipinski definition) is 4. The molecule has 0 atom stereocenters. The molecule has 13 heavy (non-hydrogen) atoms. The number of nitrogens with zero attached hydrogens (tertiary/aromatic N) is 1. The van der Waals surface area contributed by atoms with Crippen LogP contribution in [0.2, 0.25) is 0 Å². The molecular formula is C9H10N2O2. The first-order valence-electron chi connectivity index (χ1n) is 3.83. The SMILES string of the molecule is CC(=O)C1=C(C)OC(N)=C(C#N)C1. The van der Waals surface area contributed by atoms with Crippen LogP contribution < -0.4 is 5.73 Å². The van der Waals surface area contributed by atoms with Gasteiger partial charge >= 0.3 is 0 Å². The lowest BCUT2D eigenvalue weighted by molar-refractivity contribution is -0.113. The highest BCUT2D eigenvalue weighted by Crippen LogP contribution is 2.24. The Labute approximate surface area is 76.3 Å². The van der Waals surface area contributed by atoms with Crippen molar-refractivity contribution in [1.29, 1.82) is 5.26 Å². The predicted octanol–water partition coefficient (Wildman–Crippen LogP) is 0.964. The highest BCUT2D eigenvalue weighted by Gasteiger charge is 2.20. The van der Waals surface area contributed by atoms with E-state index in [0.29, 0.717) is 16.9 Å². The molecule has 0 aromatic rings. The van der Waals surface area contributed by atoms with Crippen molar-refractivity contribution in [2.75, 3.05) is 0 Å². The van der Waals surface area contributed by atoms with E-state index in [1.54, 1.807) is 6.92 Å². The Morgan fingerprint density at radius 2 is 2.31 bits per heavy atom. The van der Waals surface area contributed by atoms with Gasteiger partial charge in [-0.15, -0.1) is 0 Å². The Kier molecular flexibility index (Phi) is 2.38. The fraction of sp³-hybridized carbons (Fsp3) is 0.333. The van der Waals surface area contributed by atoms with Crippen LogP contribution in [-0.4, -0.2) is 5.78 Å². The van der Waals surface area contributed by atoms with E-state index < -0.39 is 0 Å². The molecule has 1 rings (SSSR count). The summed E-state index contributed by atoms with van der Waals surface area (Å²) < 4.78 is 5.06. The third kappa shape index (κ3) is 1.70. The van der Waals surface area contributed by atoms with Gasteiger partial charge in [-0.3, -0.25) is 4.79 Å². The number of carbonyl (C=O) groups is 1. The van der Waals surface area contributed by atoms with Gasteiger partial charge in [0.25, 0.3) is 0 Å². The highest BCUT2D eigenvalue weighted by molar-refractivity contribution is 5.94. The number of allylic oxidation sites excluding steroid dienone is 3. The van der Waals surface area contributed by atoms with Gasteiger partial charge < -0.3 is 10.5 Å². The van der Waals surface area contributed by atoms with Gasteiger partial charge in [-0.05, 0) is 13.8 Å². The summed E-state index contributed by atoms with van der Waals surface area (Å²) in [5.74, 6) is 0.506. The zero-order chi connectivity index (χ0) is 10.0. The topological polar surface area (TPSA) is 76.1 Å². The fourth-order valence-corrected chi connectivity index (χ4v) is 1.14. The van der Waals surface area contributed by atoms with Crippen LogP contribution in [0, 0.1) is 11.3 Å². The smallest absolute Gasteiger partial charge is 0.204 e. The third-order valence-corrected chi connectivity index (χ3v) is 1.90. The van der Waals surface area contributed by atoms with E-state index in [9.17, 15) is 4.79 Å². The molecule has 1 aliphatic rings. The maximum atomic E-state index is 11.1. The molecule has 0 bridgehead atoms. The second kappa shape index (κ2) is 3.31. The zero-order valence-corrected chi connectivity index (χ0v) is 7.55. The van der Waals surface area contributed by atoms with E-state index in [2.05, 4.69) is 0 Å². The van der Waals surface area contributed by atoms with E-state index in [-0.39, 0.29) is 18.1 Å². The normalized spacial score (nSPS) is 16.7. The van der Waals surface area contributed by atoms with Crippen LogP contribution in [0.15, 0.2) is 22.8 Å². The summed E-state index contributed by atoms with van der Waals surface area (Å²) in [6, 6.07) is 1.90. The number of nitrogens with two attached hydrogens (primary N) is 1. The Morgan fingerprint density at radius 1 is 1.69 bits per heavy atom. The van der Waals surface area contributed by atoms with Gasteiger partial charge in [0.2, 0.25) is 5.88 Å². The Balaban J connectivity index is 3.00. The van der Waals surface area contributed by atoms with Crippen LogP contribution in [-0.2, 0) is 9.53 Å². The molecule has 0 aromatic carbocycles. The van der Waals surface area contributed by atoms with E-state index in [1.807, 2.05) is 6.07 Å². The lowest BCUT2D eigenvalue weighted by Gasteiger charge is -2.17. The molecule has 68 valence electrons. The molecule has 0 saturated heterocycles. The molecule has 1 aliphatic heterocycles. The molecule has 0 radical (unpaired) electrons. The van der Waals surface area contributed by atoms with Crippen molar-refractivity contribution >= 4 is 5.78 Å². The minimum Gasteiger partial charge on any atom is -0.445 e. The summed E-state index contributed by atoms with van der Waals surface area (Å²) >= 11 is 0. The number of carbonyl (C=O) groups excluding carboxylic acids is 1. The first-order chi connectivity index (χ1) is 6.06. The first-order valence-corrected chi connectivity index (χ1v) is 3.83. The second-order valence-electron chi connectivity index (χ2n) is 2.82. The Hall–Kier alpha value is -1.76. The Bertz CT molecular complexity index is 358. The molecule has 0 amide bonds. The molecule has 1 heterocycles. The van der Waals surface area contributed by atoms with Gasteiger partial charge in [-0.25, -0.2) is 0 Å². The molecule has 0 aliphatic carbocycles. The van der Waals surface area contributed by atoms with E-state index in [4.69, 9.17) is 15.7 Å². The fourth-order valence-electron chi connectivity index (χ4n) is 1.14. The van der Waals surface area contributed by atoms with Gasteiger partial charge in [-0.2, -0.15) is 5.26 Å². The number of nitriles is 1. The standard InChI is InChI=1S/C9H10N2O2/c1-5(12)8-3-7(4-10)9(11)13-6(8)2/h3,11H2,1-2H3. The van der Waals surface area contributed by atoms with Crippen LogP contribution in [0.4, 0.5) is 0 Å². The second-order valence-corrected chi connectivity index (χ2v) is 2.82. The van der Waals surface area contributed by atoms with Gasteiger partial charge in [0.1, 0.15) is 11.8 Å². The van der Waals surface area contributed by atoms with Crippen molar-refractivity contribution in [2.45, 2.75) is 20.3 Å². The molecule has 0 fully saturated rings. The monoisotopic (exact) mass is 178 g/mol. The summed E-state index contributed by atoms with van der Waals surface area (Å²) in [5, 5.41) is 8.65. The molecule has 0 aromatic heterocycles. The predicted molar refractivity (Wildman–Crippen MR) is 45.9 cm³/mol. The molecule has 2 N–H and O–H groups in total. The van der Waals surface area contributed by atoms with Crippen molar-refractivity contribution in [3.63, 3.8) is 0 Å². The summed E-state index contributed by atoms with van der Waals surface area (Å²) in [7, 11) is 0. The maximum Gasteiger partial charge on any atom is 0.204 e. The first kappa shape index (κ1) is 9.33. The number of ketones is 1. The van der Waals surface area contributed by atoms with E-state index in [0.717, 1.165) is 0 Å². The van der Waals surface area contributed by atoms with Gasteiger partial charge in [0.05, 0.1) is 5.57 Å². The molecule has 0 spiro atoms. The van der Waals surface area contributed by atoms with Crippen molar-refractivity contribution in [2.24, 2.45) is 5.73 Å². The van der Waals surface area contributed by atoms with Crippen molar-refractivity contribution < 1.29 is 9.53 Å². The van der Waals surface area contributed by atoms with E-state index >= 15 is 0 Å². The zero-order valence-electron chi connectivity index (χ0n) is 7.55. The average Bonchev–Trinajstić information content (AvgIpc) is 2.03. The van der Waals surface area contributed by atoms with Crippen molar-refractivity contribution in [3.05, 3.63) is 22.8 Å². The minimum atomic E-state index is -0.0854. The maximum absolute atomic E-state index is 11.1. The third-order valence-electron chi connectivity index (χ3n) is 1.90. The molecule has 0 saturated carbocycles.